The van der Waals surface area contributed by atoms with E-state index in [9.17, 15) is 19.2 Å². The van der Waals surface area contributed by atoms with Crippen molar-refractivity contribution in [3.63, 3.8) is 0 Å². The van der Waals surface area contributed by atoms with Crippen molar-refractivity contribution < 1.29 is 23.9 Å². The van der Waals surface area contributed by atoms with Gasteiger partial charge in [0.05, 0.1) is 39.3 Å². The van der Waals surface area contributed by atoms with Crippen molar-refractivity contribution >= 4 is 95.2 Å². The number of amides is 2. The van der Waals surface area contributed by atoms with Gasteiger partial charge in [-0.25, -0.2) is 9.78 Å². The van der Waals surface area contributed by atoms with Gasteiger partial charge in [-0.05, 0) is 73.7 Å². The molecule has 2 saturated carbocycles. The largest absolute Gasteiger partial charge is 0.451 e. The number of hydrogen-bond donors (Lipinski definition) is 0. The van der Waals surface area contributed by atoms with Crippen molar-refractivity contribution in [2.75, 3.05) is 4.90 Å². The molecular formula is C34H24Br2Cl2N2O5. The number of alkyl halides is 2. The van der Waals surface area contributed by atoms with Crippen LogP contribution in [0, 0.1) is 23.7 Å². The van der Waals surface area contributed by atoms with E-state index in [1.807, 2.05) is 0 Å². The molecule has 3 fully saturated rings. The Morgan fingerprint density at radius 2 is 1.53 bits per heavy atom. The number of pyridine rings is 1. The van der Waals surface area contributed by atoms with Crippen molar-refractivity contribution in [1.82, 2.24) is 4.98 Å². The van der Waals surface area contributed by atoms with Gasteiger partial charge in [0, 0.05) is 31.2 Å². The summed E-state index contributed by atoms with van der Waals surface area (Å²) in [5.74, 6) is -1.76. The Balaban J connectivity index is 1.18. The van der Waals surface area contributed by atoms with Crippen molar-refractivity contribution in [3.8, 4) is 11.3 Å². The molecule has 7 atom stereocenters. The smallest absolute Gasteiger partial charge is 0.339 e. The van der Waals surface area contributed by atoms with E-state index >= 15 is 0 Å². The summed E-state index contributed by atoms with van der Waals surface area (Å²) in [6.45, 7) is 1.52. The molecule has 0 N–H and O–H groups in total. The number of rotatable bonds is 6. The van der Waals surface area contributed by atoms with Crippen LogP contribution in [-0.4, -0.2) is 44.3 Å². The molecule has 228 valence electrons. The maximum atomic E-state index is 13.5. The first-order valence-corrected chi connectivity index (χ1v) is 17.0. The fraction of sp³-hybridized carbons (Fsp3) is 0.265. The minimum absolute atomic E-state index is 0.124. The maximum Gasteiger partial charge on any atom is 0.339 e. The number of ether oxygens (including phenoxy) is 1. The third kappa shape index (κ3) is 5.03. The van der Waals surface area contributed by atoms with E-state index in [0.717, 1.165) is 6.42 Å². The number of nitrogens with zero attached hydrogens (tertiary/aromatic N) is 2. The SMILES string of the molecule is CC(OC(=O)c1cc(-c2ccc(N3C(=O)C4C5CC(C(Br)C5Br)C4C3=O)cc2)nc2c(Cl)cccc12)C(=O)c1ccc(Cl)cc1. The molecule has 3 aliphatic rings. The molecule has 7 nitrogen and oxygen atoms in total. The minimum atomic E-state index is -1.06. The standard InChI is InChI=1S/C34H24Br2Cl2N2O5/c1-15(31(41)17-5-9-18(37)10-6-17)45-34(44)21-14-25(39-30-20(21)3-2-4-24(30)38)16-7-11-19(12-8-16)40-32(42)26-22-13-23(27(26)33(40)43)29(36)28(22)35/h2-12,14-15,22-23,26-29H,13H2,1H3. The summed E-state index contributed by atoms with van der Waals surface area (Å²) in [6.07, 6.45) is -0.200. The average molecular weight is 771 g/mol. The number of ketones is 1. The number of esters is 1. The molecule has 2 heterocycles. The van der Waals surface area contributed by atoms with Gasteiger partial charge >= 0.3 is 5.97 Å². The summed E-state index contributed by atoms with van der Waals surface area (Å²) in [5.41, 5.74) is 2.52. The Morgan fingerprint density at radius 1 is 0.911 bits per heavy atom. The maximum absolute atomic E-state index is 13.5. The Hall–Kier alpha value is -3.11. The summed E-state index contributed by atoms with van der Waals surface area (Å²) >= 11 is 19.9. The number of para-hydroxylation sites is 1. The molecule has 2 aliphatic carbocycles. The van der Waals surface area contributed by atoms with Crippen molar-refractivity contribution in [2.24, 2.45) is 23.7 Å². The molecule has 11 heteroatoms. The highest BCUT2D eigenvalue weighted by atomic mass is 79.9. The second-order valence-corrected chi connectivity index (χ2v) is 14.6. The molecule has 3 aromatic carbocycles. The summed E-state index contributed by atoms with van der Waals surface area (Å²) in [5, 5.41) is 1.31. The van der Waals surface area contributed by atoms with Crippen LogP contribution in [0.25, 0.3) is 22.2 Å². The second-order valence-electron chi connectivity index (χ2n) is 11.7. The third-order valence-corrected chi connectivity index (χ3v) is 13.0. The number of carbonyl (C=O) groups excluding carboxylic acids is 4. The van der Waals surface area contributed by atoms with Crippen molar-refractivity contribution in [2.45, 2.75) is 29.1 Å². The van der Waals surface area contributed by atoms with E-state index in [2.05, 4.69) is 31.9 Å². The van der Waals surface area contributed by atoms with E-state index in [0.29, 0.717) is 43.5 Å². The van der Waals surface area contributed by atoms with E-state index in [1.165, 1.54) is 11.8 Å². The van der Waals surface area contributed by atoms with Gasteiger partial charge in [-0.2, -0.15) is 0 Å². The molecule has 0 spiro atoms. The minimum Gasteiger partial charge on any atom is -0.451 e. The Bertz CT molecular complexity index is 1870. The van der Waals surface area contributed by atoms with Crippen molar-refractivity contribution in [3.05, 3.63) is 94.0 Å². The zero-order valence-electron chi connectivity index (χ0n) is 23.6. The van der Waals surface area contributed by atoms with Gasteiger partial charge in [-0.3, -0.25) is 19.3 Å². The molecule has 1 aromatic heterocycles. The number of imide groups is 1. The van der Waals surface area contributed by atoms with Crippen LogP contribution in [0.2, 0.25) is 10.0 Å². The number of anilines is 1. The molecule has 0 radical (unpaired) electrons. The van der Waals surface area contributed by atoms with E-state index < -0.39 is 12.1 Å². The van der Waals surface area contributed by atoms with Crippen molar-refractivity contribution in [1.29, 1.82) is 0 Å². The van der Waals surface area contributed by atoms with E-state index in [1.54, 1.807) is 72.8 Å². The summed E-state index contributed by atoms with van der Waals surface area (Å²) < 4.78 is 5.62. The van der Waals surface area contributed by atoms with Crippen LogP contribution >= 0.6 is 55.1 Å². The number of aromatic nitrogens is 1. The highest BCUT2D eigenvalue weighted by Gasteiger charge is 2.66. The molecule has 4 aromatic rings. The topological polar surface area (TPSA) is 93.6 Å². The molecule has 1 saturated heterocycles. The van der Waals surface area contributed by atoms with E-state index in [4.69, 9.17) is 32.9 Å². The van der Waals surface area contributed by atoms with Gasteiger partial charge in [0.25, 0.3) is 0 Å². The fourth-order valence-corrected chi connectivity index (χ4v) is 9.26. The zero-order chi connectivity index (χ0) is 31.7. The summed E-state index contributed by atoms with van der Waals surface area (Å²) in [4.78, 5) is 59.8. The number of halogens is 4. The molecule has 2 amide bonds. The Morgan fingerprint density at radius 3 is 2.16 bits per heavy atom. The number of hydrogen-bond acceptors (Lipinski definition) is 6. The molecular weight excluding hydrogens is 747 g/mol. The molecule has 1 aliphatic heterocycles. The lowest BCUT2D eigenvalue weighted by Gasteiger charge is -2.28. The molecule has 7 unspecified atom stereocenters. The van der Waals surface area contributed by atoms with Crippen LogP contribution in [0.4, 0.5) is 5.69 Å². The number of Topliss-reactive ketones (excluding diaryl/α,β-unsaturated/α-hetero) is 1. The van der Waals surface area contributed by atoms with Crippen LogP contribution in [0.3, 0.4) is 0 Å². The summed E-state index contributed by atoms with van der Waals surface area (Å²) in [6, 6.07) is 20.0. The third-order valence-electron chi connectivity index (χ3n) is 9.20. The van der Waals surface area contributed by atoms with Gasteiger partial charge in [-0.1, -0.05) is 79.3 Å². The van der Waals surface area contributed by atoms with Gasteiger partial charge in [-0.15, -0.1) is 0 Å². The van der Waals surface area contributed by atoms with Crippen LogP contribution in [0.1, 0.15) is 34.1 Å². The van der Waals surface area contributed by atoms with Crippen LogP contribution < -0.4 is 4.90 Å². The van der Waals surface area contributed by atoms with Gasteiger partial charge in [0.1, 0.15) is 0 Å². The lowest BCUT2D eigenvalue weighted by Crippen LogP contribution is -2.37. The monoisotopic (exact) mass is 768 g/mol. The first-order valence-electron chi connectivity index (χ1n) is 14.4. The second kappa shape index (κ2) is 11.6. The predicted octanol–water partition coefficient (Wildman–Crippen LogP) is 7.92. The Labute approximate surface area is 285 Å². The number of carbonyl (C=O) groups is 4. The first kappa shape index (κ1) is 30.5. The molecule has 2 bridgehead atoms. The Kier molecular flexibility index (Phi) is 7.87. The quantitative estimate of drug-likeness (QED) is 0.0857. The first-order chi connectivity index (χ1) is 21.5. The summed E-state index contributed by atoms with van der Waals surface area (Å²) in [7, 11) is 0. The molecule has 45 heavy (non-hydrogen) atoms. The average Bonchev–Trinajstić information content (AvgIpc) is 3.65. The van der Waals surface area contributed by atoms with Gasteiger partial charge < -0.3 is 4.74 Å². The van der Waals surface area contributed by atoms with Crippen LogP contribution in [0.5, 0.6) is 0 Å². The predicted molar refractivity (Wildman–Crippen MR) is 179 cm³/mol. The van der Waals surface area contributed by atoms with Gasteiger partial charge in [0.15, 0.2) is 6.10 Å². The highest BCUT2D eigenvalue weighted by Crippen LogP contribution is 2.60. The van der Waals surface area contributed by atoms with Crippen LogP contribution in [-0.2, 0) is 14.3 Å². The number of benzene rings is 3. The highest BCUT2D eigenvalue weighted by molar-refractivity contribution is 9.12. The lowest BCUT2D eigenvalue weighted by molar-refractivity contribution is -0.123. The van der Waals surface area contributed by atoms with E-state index in [-0.39, 0.29) is 56.5 Å². The lowest BCUT2D eigenvalue weighted by atomic mass is 9.81. The van der Waals surface area contributed by atoms with Gasteiger partial charge in [0.2, 0.25) is 17.6 Å². The normalized spacial score (nSPS) is 25.9. The fourth-order valence-electron chi connectivity index (χ4n) is 7.04. The number of fused-ring (bicyclic) bond motifs is 6. The zero-order valence-corrected chi connectivity index (χ0v) is 28.3. The molecule has 7 rings (SSSR count). The van der Waals surface area contributed by atoms with Crippen LogP contribution in [0.15, 0.2) is 72.8 Å².